The molecule has 7 heteroatoms. The monoisotopic (exact) mass is 310 g/mol. The van der Waals surface area contributed by atoms with Crippen LogP contribution in [0.1, 0.15) is 35.1 Å². The molecular formula is C14H22N4O2S. The van der Waals surface area contributed by atoms with Gasteiger partial charge in [-0.2, -0.15) is 10.2 Å². The van der Waals surface area contributed by atoms with E-state index in [-0.39, 0.29) is 5.91 Å². The molecule has 0 saturated carbocycles. The van der Waals surface area contributed by atoms with Crippen molar-refractivity contribution in [3.8, 4) is 0 Å². The molecule has 1 aromatic heterocycles. The van der Waals surface area contributed by atoms with E-state index in [9.17, 15) is 4.79 Å². The van der Waals surface area contributed by atoms with Crippen molar-refractivity contribution in [2.45, 2.75) is 26.7 Å². The number of aromatic nitrogens is 2. The summed E-state index contributed by atoms with van der Waals surface area (Å²) in [5, 5.41) is 8.10. The van der Waals surface area contributed by atoms with Crippen molar-refractivity contribution in [1.29, 1.82) is 0 Å². The highest BCUT2D eigenvalue weighted by atomic mass is 32.1. The van der Waals surface area contributed by atoms with Crippen LogP contribution in [0, 0.1) is 6.92 Å². The Labute approximate surface area is 130 Å². The number of hydrogen-bond donors (Lipinski definition) is 1. The van der Waals surface area contributed by atoms with Gasteiger partial charge in [0.05, 0.1) is 28.5 Å². The lowest BCUT2D eigenvalue weighted by molar-refractivity contribution is 0.0699. The fourth-order valence-corrected chi connectivity index (χ4v) is 1.98. The van der Waals surface area contributed by atoms with E-state index in [1.807, 2.05) is 13.8 Å². The lowest BCUT2D eigenvalue weighted by Gasteiger charge is -2.23. The standard InChI is InChI=1S/C14H22N4O2S/c1-4-12-11(9-10(2)16-17-12)14(19)18(7-8-20-3)6-5-13(15)21/h9H,4-8H2,1-3H3,(H2,15,21). The third-order valence-electron chi connectivity index (χ3n) is 3.04. The molecule has 0 aromatic carbocycles. The molecule has 1 amide bonds. The molecule has 1 aromatic rings. The summed E-state index contributed by atoms with van der Waals surface area (Å²) in [7, 11) is 1.60. The zero-order chi connectivity index (χ0) is 15.8. The highest BCUT2D eigenvalue weighted by Gasteiger charge is 2.19. The number of rotatable bonds is 8. The van der Waals surface area contributed by atoms with Crippen molar-refractivity contribution < 1.29 is 9.53 Å². The fourth-order valence-electron chi connectivity index (χ4n) is 1.89. The summed E-state index contributed by atoms with van der Waals surface area (Å²) >= 11 is 4.89. The molecule has 0 aliphatic heterocycles. The van der Waals surface area contributed by atoms with Gasteiger partial charge in [0.2, 0.25) is 0 Å². The highest BCUT2D eigenvalue weighted by Crippen LogP contribution is 2.11. The Morgan fingerprint density at radius 3 is 2.71 bits per heavy atom. The van der Waals surface area contributed by atoms with Crippen molar-refractivity contribution in [1.82, 2.24) is 15.1 Å². The lowest BCUT2D eigenvalue weighted by atomic mass is 10.1. The summed E-state index contributed by atoms with van der Waals surface area (Å²) in [4.78, 5) is 14.8. The minimum Gasteiger partial charge on any atom is -0.393 e. The van der Waals surface area contributed by atoms with Crippen molar-refractivity contribution in [2.24, 2.45) is 5.73 Å². The molecule has 0 fully saturated rings. The Balaban J connectivity index is 2.97. The van der Waals surface area contributed by atoms with Gasteiger partial charge in [-0.15, -0.1) is 0 Å². The van der Waals surface area contributed by atoms with Gasteiger partial charge in [-0.05, 0) is 19.4 Å². The number of aryl methyl sites for hydroxylation is 2. The van der Waals surface area contributed by atoms with Crippen LogP contribution in [0.25, 0.3) is 0 Å². The zero-order valence-electron chi connectivity index (χ0n) is 12.8. The van der Waals surface area contributed by atoms with E-state index < -0.39 is 0 Å². The number of hydrogen-bond acceptors (Lipinski definition) is 5. The van der Waals surface area contributed by atoms with Gasteiger partial charge in [-0.25, -0.2) is 0 Å². The Bertz CT molecular complexity index is 508. The number of ether oxygens (including phenoxy) is 1. The first kappa shape index (κ1) is 17.5. The number of carbonyl (C=O) groups is 1. The number of amides is 1. The smallest absolute Gasteiger partial charge is 0.255 e. The topological polar surface area (TPSA) is 81.3 Å². The Hall–Kier alpha value is -1.60. The van der Waals surface area contributed by atoms with Crippen molar-refractivity contribution in [3.63, 3.8) is 0 Å². The van der Waals surface area contributed by atoms with Gasteiger partial charge in [0.15, 0.2) is 0 Å². The van der Waals surface area contributed by atoms with Crippen LogP contribution in [0.2, 0.25) is 0 Å². The average molecular weight is 310 g/mol. The van der Waals surface area contributed by atoms with Crippen LogP contribution >= 0.6 is 12.2 Å². The zero-order valence-corrected chi connectivity index (χ0v) is 13.6. The summed E-state index contributed by atoms with van der Waals surface area (Å²) in [6.45, 7) is 5.19. The van der Waals surface area contributed by atoms with Crippen LogP contribution in [0.3, 0.4) is 0 Å². The van der Waals surface area contributed by atoms with Gasteiger partial charge in [0.25, 0.3) is 5.91 Å². The minimum atomic E-state index is -0.0850. The average Bonchev–Trinajstić information content (AvgIpc) is 2.46. The summed E-state index contributed by atoms with van der Waals surface area (Å²) < 4.78 is 5.06. The summed E-state index contributed by atoms with van der Waals surface area (Å²) in [6.07, 6.45) is 1.14. The van der Waals surface area contributed by atoms with Crippen molar-refractivity contribution in [2.75, 3.05) is 26.8 Å². The van der Waals surface area contributed by atoms with Gasteiger partial charge in [0, 0.05) is 26.6 Å². The van der Waals surface area contributed by atoms with E-state index in [0.29, 0.717) is 48.8 Å². The number of thiocarbonyl (C=S) groups is 1. The van der Waals surface area contributed by atoms with Gasteiger partial charge < -0.3 is 15.4 Å². The molecule has 6 nitrogen and oxygen atoms in total. The molecule has 0 aliphatic carbocycles. The van der Waals surface area contributed by atoms with E-state index in [2.05, 4.69) is 10.2 Å². The van der Waals surface area contributed by atoms with Crippen LogP contribution in [0.5, 0.6) is 0 Å². The quantitative estimate of drug-likeness (QED) is 0.725. The molecule has 21 heavy (non-hydrogen) atoms. The lowest BCUT2D eigenvalue weighted by Crippen LogP contribution is -2.37. The molecular weight excluding hydrogens is 288 g/mol. The van der Waals surface area contributed by atoms with Crippen LogP contribution in [0.4, 0.5) is 0 Å². The molecule has 0 radical (unpaired) electrons. The van der Waals surface area contributed by atoms with Crippen LogP contribution in [-0.4, -0.2) is 52.8 Å². The van der Waals surface area contributed by atoms with E-state index in [4.69, 9.17) is 22.7 Å². The molecule has 1 heterocycles. The third kappa shape index (κ3) is 5.35. The molecule has 0 spiro atoms. The summed E-state index contributed by atoms with van der Waals surface area (Å²) in [5.74, 6) is -0.0850. The fraction of sp³-hybridized carbons (Fsp3) is 0.571. The minimum absolute atomic E-state index is 0.0850. The molecule has 0 unspecified atom stereocenters. The molecule has 0 saturated heterocycles. The first-order valence-electron chi connectivity index (χ1n) is 6.89. The van der Waals surface area contributed by atoms with Gasteiger partial charge in [-0.3, -0.25) is 4.79 Å². The molecule has 1 rings (SSSR count). The molecule has 0 aliphatic rings. The predicted octanol–water partition coefficient (Wildman–Crippen LogP) is 1.11. The largest absolute Gasteiger partial charge is 0.393 e. The molecule has 0 bridgehead atoms. The van der Waals surface area contributed by atoms with Gasteiger partial charge in [-0.1, -0.05) is 19.1 Å². The van der Waals surface area contributed by atoms with E-state index >= 15 is 0 Å². The maximum Gasteiger partial charge on any atom is 0.255 e. The van der Waals surface area contributed by atoms with E-state index in [0.717, 1.165) is 5.69 Å². The van der Waals surface area contributed by atoms with E-state index in [1.165, 1.54) is 0 Å². The first-order valence-corrected chi connectivity index (χ1v) is 7.30. The van der Waals surface area contributed by atoms with Gasteiger partial charge in [0.1, 0.15) is 0 Å². The van der Waals surface area contributed by atoms with Crippen LogP contribution in [-0.2, 0) is 11.2 Å². The Kier molecular flexibility index (Phi) is 7.18. The number of carbonyl (C=O) groups excluding carboxylic acids is 1. The second-order valence-electron chi connectivity index (χ2n) is 4.70. The second-order valence-corrected chi connectivity index (χ2v) is 5.23. The second kappa shape index (κ2) is 8.63. The Morgan fingerprint density at radius 2 is 2.14 bits per heavy atom. The number of nitrogens with zero attached hydrogens (tertiary/aromatic N) is 3. The molecule has 2 N–H and O–H groups in total. The van der Waals surface area contributed by atoms with Crippen molar-refractivity contribution in [3.05, 3.63) is 23.0 Å². The van der Waals surface area contributed by atoms with E-state index in [1.54, 1.807) is 18.1 Å². The number of nitrogens with two attached hydrogens (primary N) is 1. The normalized spacial score (nSPS) is 10.4. The SMILES string of the molecule is CCc1nnc(C)cc1C(=O)N(CCOC)CCC(N)=S. The highest BCUT2D eigenvalue weighted by molar-refractivity contribution is 7.80. The third-order valence-corrected chi connectivity index (χ3v) is 3.24. The number of methoxy groups -OCH3 is 1. The maximum atomic E-state index is 12.7. The molecule has 116 valence electrons. The predicted molar refractivity (Wildman–Crippen MR) is 85.3 cm³/mol. The van der Waals surface area contributed by atoms with Gasteiger partial charge >= 0.3 is 0 Å². The van der Waals surface area contributed by atoms with Crippen LogP contribution < -0.4 is 5.73 Å². The maximum absolute atomic E-state index is 12.7. The first-order chi connectivity index (χ1) is 9.99. The van der Waals surface area contributed by atoms with Crippen LogP contribution in [0.15, 0.2) is 6.07 Å². The summed E-state index contributed by atoms with van der Waals surface area (Å²) in [5.41, 5.74) is 7.53. The molecule has 0 atom stereocenters. The summed E-state index contributed by atoms with van der Waals surface area (Å²) in [6, 6.07) is 1.77. The van der Waals surface area contributed by atoms with Crippen molar-refractivity contribution >= 4 is 23.1 Å². The Morgan fingerprint density at radius 1 is 1.43 bits per heavy atom.